The highest BCUT2D eigenvalue weighted by molar-refractivity contribution is 6.07. The maximum atomic E-state index is 13.4. The summed E-state index contributed by atoms with van der Waals surface area (Å²) in [7, 11) is 0. The van der Waals surface area contributed by atoms with E-state index in [1.807, 2.05) is 0 Å². The van der Waals surface area contributed by atoms with Crippen LogP contribution in [0.3, 0.4) is 0 Å². The number of hydrogen-bond acceptors (Lipinski definition) is 6. The monoisotopic (exact) mass is 604 g/mol. The highest BCUT2D eigenvalue weighted by Gasteiger charge is 2.71. The highest BCUT2D eigenvalue weighted by atomic mass is 19.4. The number of alkyl halides is 6. The number of fused-ring (bicyclic) bond motifs is 1. The molecule has 2 N–H and O–H groups in total. The van der Waals surface area contributed by atoms with Gasteiger partial charge in [-0.15, -0.1) is 0 Å². The van der Waals surface area contributed by atoms with E-state index in [4.69, 9.17) is 14.2 Å². The average Bonchev–Trinajstić information content (AvgIpc) is 3.46. The lowest BCUT2D eigenvalue weighted by molar-refractivity contribution is -0.376. The van der Waals surface area contributed by atoms with Crippen LogP contribution in [0.15, 0.2) is 36.4 Å². The van der Waals surface area contributed by atoms with Crippen molar-refractivity contribution in [3.8, 4) is 17.2 Å². The third-order valence-corrected chi connectivity index (χ3v) is 7.45. The standard InChI is InChI=1S/C28H30F6N2O6/c1-4-6-17-13-19(26(39,27(29,30)31)28(32,33)34)9-10-20(17)40-12-5-7-16(2)36-23(37)25(3,35-24(36)38)18-8-11-21-22(14-18)42-15-41-21/h8-11,13-14,16,39H,4-7,12,15H2,1-3H3,(H,35,38). The van der Waals surface area contributed by atoms with Gasteiger partial charge in [-0.3, -0.25) is 9.69 Å². The zero-order valence-corrected chi connectivity index (χ0v) is 23.0. The van der Waals surface area contributed by atoms with E-state index in [-0.39, 0.29) is 31.1 Å². The minimum absolute atomic E-state index is 0.00624. The number of imide groups is 1. The molecule has 0 bridgehead atoms. The van der Waals surface area contributed by atoms with Crippen LogP contribution in [0.25, 0.3) is 0 Å². The van der Waals surface area contributed by atoms with Crippen LogP contribution in [-0.2, 0) is 22.4 Å². The van der Waals surface area contributed by atoms with E-state index in [2.05, 4.69) is 5.32 Å². The number of carbonyl (C=O) groups is 2. The molecule has 2 atom stereocenters. The molecule has 0 aromatic heterocycles. The SMILES string of the molecule is CCCc1cc(C(O)(C(F)(F)F)C(F)(F)F)ccc1OCCCC(C)N1C(=O)NC(C)(c2ccc3c(c2)OCO3)C1=O. The summed E-state index contributed by atoms with van der Waals surface area (Å²) in [6, 6.07) is 5.98. The van der Waals surface area contributed by atoms with E-state index in [0.717, 1.165) is 11.0 Å². The number of nitrogens with one attached hydrogen (secondary N) is 1. The Morgan fingerprint density at radius 2 is 1.71 bits per heavy atom. The van der Waals surface area contributed by atoms with Gasteiger partial charge in [0.05, 0.1) is 6.61 Å². The molecule has 4 rings (SSSR count). The lowest BCUT2D eigenvalue weighted by atomic mass is 9.90. The molecule has 8 nitrogen and oxygen atoms in total. The number of nitrogens with zero attached hydrogens (tertiary/aromatic N) is 1. The van der Waals surface area contributed by atoms with E-state index in [1.54, 1.807) is 39.0 Å². The van der Waals surface area contributed by atoms with Crippen molar-refractivity contribution in [3.63, 3.8) is 0 Å². The molecule has 2 aliphatic rings. The number of aliphatic hydroxyl groups is 1. The summed E-state index contributed by atoms with van der Waals surface area (Å²) >= 11 is 0. The van der Waals surface area contributed by atoms with Crippen LogP contribution >= 0.6 is 0 Å². The maximum Gasteiger partial charge on any atom is 0.430 e. The number of ether oxygens (including phenoxy) is 3. The molecule has 0 radical (unpaired) electrons. The first-order valence-electron chi connectivity index (χ1n) is 13.2. The first-order chi connectivity index (χ1) is 19.5. The van der Waals surface area contributed by atoms with Crippen LogP contribution in [0.2, 0.25) is 0 Å². The minimum atomic E-state index is -5.99. The van der Waals surface area contributed by atoms with Gasteiger partial charge in [-0.2, -0.15) is 26.3 Å². The van der Waals surface area contributed by atoms with Gasteiger partial charge in [-0.05, 0) is 68.5 Å². The number of amides is 3. The minimum Gasteiger partial charge on any atom is -0.493 e. The predicted octanol–water partition coefficient (Wildman–Crippen LogP) is 5.69. The van der Waals surface area contributed by atoms with E-state index < -0.39 is 47.0 Å². The van der Waals surface area contributed by atoms with Crippen LogP contribution in [-0.4, -0.2) is 53.7 Å². The highest BCUT2D eigenvalue weighted by Crippen LogP contribution is 2.50. The van der Waals surface area contributed by atoms with E-state index in [1.165, 1.54) is 0 Å². The molecule has 3 amide bonds. The molecule has 2 heterocycles. The van der Waals surface area contributed by atoms with Gasteiger partial charge in [-0.1, -0.05) is 25.5 Å². The van der Waals surface area contributed by atoms with Crippen molar-refractivity contribution in [2.45, 2.75) is 76.0 Å². The normalized spacial score (nSPS) is 19.7. The topological polar surface area (TPSA) is 97.3 Å². The Hall–Kier alpha value is -3.68. The Morgan fingerprint density at radius 1 is 1.05 bits per heavy atom. The number of urea groups is 1. The molecule has 1 saturated heterocycles. The maximum absolute atomic E-state index is 13.4. The van der Waals surface area contributed by atoms with Gasteiger partial charge in [0.1, 0.15) is 11.3 Å². The second-order valence-corrected chi connectivity index (χ2v) is 10.4. The van der Waals surface area contributed by atoms with Crippen LogP contribution < -0.4 is 19.5 Å². The van der Waals surface area contributed by atoms with E-state index >= 15 is 0 Å². The van der Waals surface area contributed by atoms with Crippen molar-refractivity contribution in [1.82, 2.24) is 10.2 Å². The Morgan fingerprint density at radius 3 is 2.36 bits per heavy atom. The number of hydrogen-bond donors (Lipinski definition) is 2. The Bertz CT molecular complexity index is 1330. The summed E-state index contributed by atoms with van der Waals surface area (Å²) in [5.41, 5.74) is -7.14. The van der Waals surface area contributed by atoms with Crippen molar-refractivity contribution in [1.29, 1.82) is 0 Å². The van der Waals surface area contributed by atoms with Gasteiger partial charge in [0.25, 0.3) is 11.5 Å². The Kier molecular flexibility index (Phi) is 8.33. The van der Waals surface area contributed by atoms with Gasteiger partial charge in [0.15, 0.2) is 11.5 Å². The quantitative estimate of drug-likeness (QED) is 0.205. The second kappa shape index (κ2) is 11.2. The van der Waals surface area contributed by atoms with Crippen LogP contribution in [0, 0.1) is 0 Å². The van der Waals surface area contributed by atoms with Crippen LogP contribution in [0.1, 0.15) is 56.7 Å². The molecular weight excluding hydrogens is 574 g/mol. The van der Waals surface area contributed by atoms with Gasteiger partial charge < -0.3 is 24.6 Å². The number of carbonyl (C=O) groups excluding carboxylic acids is 2. The van der Waals surface area contributed by atoms with Gasteiger partial charge in [0.2, 0.25) is 6.79 Å². The van der Waals surface area contributed by atoms with E-state index in [0.29, 0.717) is 48.5 Å². The lowest BCUT2D eigenvalue weighted by Gasteiger charge is -2.33. The zero-order valence-electron chi connectivity index (χ0n) is 23.0. The lowest BCUT2D eigenvalue weighted by Crippen LogP contribution is -2.53. The van der Waals surface area contributed by atoms with Crippen molar-refractivity contribution in [2.24, 2.45) is 0 Å². The fourth-order valence-electron chi connectivity index (χ4n) is 5.05. The summed E-state index contributed by atoms with van der Waals surface area (Å²) in [5, 5.41) is 12.5. The zero-order chi connectivity index (χ0) is 31.1. The molecule has 0 aliphatic carbocycles. The molecule has 2 aromatic rings. The largest absolute Gasteiger partial charge is 0.493 e. The van der Waals surface area contributed by atoms with Gasteiger partial charge in [0, 0.05) is 11.6 Å². The molecule has 14 heteroatoms. The van der Waals surface area contributed by atoms with Crippen LogP contribution in [0.4, 0.5) is 31.1 Å². The fourth-order valence-corrected chi connectivity index (χ4v) is 5.05. The number of benzene rings is 2. The first-order valence-corrected chi connectivity index (χ1v) is 13.2. The number of aryl methyl sites for hydroxylation is 1. The summed E-state index contributed by atoms with van der Waals surface area (Å²) in [4.78, 5) is 27.3. The van der Waals surface area contributed by atoms with Gasteiger partial charge in [-0.25, -0.2) is 4.79 Å². The Balaban J connectivity index is 1.41. The summed E-state index contributed by atoms with van der Waals surface area (Å²) < 4.78 is 96.4. The second-order valence-electron chi connectivity index (χ2n) is 10.4. The van der Waals surface area contributed by atoms with E-state index in [9.17, 15) is 41.0 Å². The molecule has 230 valence electrons. The molecule has 1 fully saturated rings. The third kappa shape index (κ3) is 5.43. The number of halogens is 6. The van der Waals surface area contributed by atoms with Crippen molar-refractivity contribution >= 4 is 11.9 Å². The van der Waals surface area contributed by atoms with Crippen molar-refractivity contribution < 1.29 is 55.2 Å². The molecule has 2 aliphatic heterocycles. The summed E-state index contributed by atoms with van der Waals surface area (Å²) in [6.07, 6.45) is -10.9. The first kappa shape index (κ1) is 31.3. The molecule has 0 saturated carbocycles. The van der Waals surface area contributed by atoms with Crippen LogP contribution in [0.5, 0.6) is 17.2 Å². The third-order valence-electron chi connectivity index (χ3n) is 7.45. The van der Waals surface area contributed by atoms with Gasteiger partial charge >= 0.3 is 18.4 Å². The predicted molar refractivity (Wildman–Crippen MR) is 136 cm³/mol. The Labute approximate surface area is 237 Å². The molecule has 2 unspecified atom stereocenters. The summed E-state index contributed by atoms with van der Waals surface area (Å²) in [5.74, 6) is 0.585. The molecular formula is C28H30F6N2O6. The molecule has 0 spiro atoms. The smallest absolute Gasteiger partial charge is 0.430 e. The van der Waals surface area contributed by atoms with Crippen molar-refractivity contribution in [2.75, 3.05) is 13.4 Å². The number of rotatable bonds is 10. The average molecular weight is 605 g/mol. The summed E-state index contributed by atoms with van der Waals surface area (Å²) in [6.45, 7) is 5.00. The molecule has 2 aromatic carbocycles. The fraction of sp³-hybridized carbons (Fsp3) is 0.500. The van der Waals surface area contributed by atoms with Crippen molar-refractivity contribution in [3.05, 3.63) is 53.1 Å². The molecule has 42 heavy (non-hydrogen) atoms.